The van der Waals surface area contributed by atoms with E-state index in [4.69, 9.17) is 5.11 Å². The van der Waals surface area contributed by atoms with E-state index >= 15 is 0 Å². The molecule has 0 saturated heterocycles. The first-order valence-corrected chi connectivity index (χ1v) is 8.34. The van der Waals surface area contributed by atoms with Gasteiger partial charge < -0.3 is 10.4 Å². The summed E-state index contributed by atoms with van der Waals surface area (Å²) in [6, 6.07) is 8.12. The van der Waals surface area contributed by atoms with Gasteiger partial charge in [0.25, 0.3) is 0 Å². The summed E-state index contributed by atoms with van der Waals surface area (Å²) in [5, 5.41) is 20.5. The van der Waals surface area contributed by atoms with Gasteiger partial charge in [-0.1, -0.05) is 51.2 Å². The summed E-state index contributed by atoms with van der Waals surface area (Å²) in [7, 11) is 0. The third kappa shape index (κ3) is 4.46. The maximum Gasteiger partial charge on any atom is 0.313 e. The monoisotopic (exact) mass is 373 g/mol. The number of aliphatic carboxylic acids is 1. The molecular weight excluding hydrogens is 362 g/mol. The third-order valence-electron chi connectivity index (χ3n) is 2.41. The molecule has 0 amide bonds. The average molecular weight is 374 g/mol. The molecule has 0 aliphatic rings. The van der Waals surface area contributed by atoms with Gasteiger partial charge in [0.05, 0.1) is 11.8 Å². The molecule has 8 heteroatoms. The van der Waals surface area contributed by atoms with E-state index in [1.807, 2.05) is 31.2 Å². The summed E-state index contributed by atoms with van der Waals surface area (Å²) < 4.78 is 1.68. The van der Waals surface area contributed by atoms with E-state index < -0.39 is 5.97 Å². The van der Waals surface area contributed by atoms with E-state index in [0.29, 0.717) is 9.47 Å². The van der Waals surface area contributed by atoms with Crippen molar-refractivity contribution in [1.29, 1.82) is 0 Å². The van der Waals surface area contributed by atoms with E-state index in [0.717, 1.165) is 10.0 Å². The highest BCUT2D eigenvalue weighted by Crippen LogP contribution is 2.28. The highest BCUT2D eigenvalue weighted by molar-refractivity contribution is 9.10. The molecule has 20 heavy (non-hydrogen) atoms. The highest BCUT2D eigenvalue weighted by Gasteiger charge is 2.11. The van der Waals surface area contributed by atoms with Crippen molar-refractivity contribution in [1.82, 2.24) is 10.2 Å². The van der Waals surface area contributed by atoms with Crippen LogP contribution in [-0.4, -0.2) is 27.0 Å². The van der Waals surface area contributed by atoms with Crippen LogP contribution in [0, 0.1) is 0 Å². The number of halogens is 1. The lowest BCUT2D eigenvalue weighted by atomic mass is 10.1. The Morgan fingerprint density at radius 2 is 2.35 bits per heavy atom. The van der Waals surface area contributed by atoms with Crippen molar-refractivity contribution in [3.63, 3.8) is 0 Å². The molecule has 2 aromatic rings. The molecule has 1 aromatic carbocycles. The standard InChI is InChI=1S/C12H12BrN3O2S2/c1-7(8-3-2-4-9(13)5-8)14-11-15-16-12(20-11)19-6-10(17)18/h2-5,7H,6H2,1H3,(H,14,15)(H,17,18). The first-order chi connectivity index (χ1) is 9.54. The Kier molecular flexibility index (Phi) is 5.38. The van der Waals surface area contributed by atoms with Gasteiger partial charge in [-0.2, -0.15) is 0 Å². The molecular formula is C12H12BrN3O2S2. The Bertz CT molecular complexity index is 606. The van der Waals surface area contributed by atoms with Crippen LogP contribution in [0.3, 0.4) is 0 Å². The second-order valence-electron chi connectivity index (χ2n) is 3.98. The second-order valence-corrected chi connectivity index (χ2v) is 7.09. The van der Waals surface area contributed by atoms with E-state index in [1.165, 1.54) is 23.1 Å². The van der Waals surface area contributed by atoms with Crippen LogP contribution in [-0.2, 0) is 4.79 Å². The van der Waals surface area contributed by atoms with Gasteiger partial charge in [0.15, 0.2) is 4.34 Å². The Balaban J connectivity index is 1.97. The van der Waals surface area contributed by atoms with E-state index in [-0.39, 0.29) is 11.8 Å². The third-order valence-corrected chi connectivity index (χ3v) is 4.88. The Hall–Kier alpha value is -1.12. The summed E-state index contributed by atoms with van der Waals surface area (Å²) in [6.07, 6.45) is 0. The molecule has 2 N–H and O–H groups in total. The maximum absolute atomic E-state index is 10.5. The number of hydrogen-bond acceptors (Lipinski definition) is 6. The number of carboxylic acid groups (broad SMARTS) is 1. The molecule has 2 rings (SSSR count). The van der Waals surface area contributed by atoms with Gasteiger partial charge in [-0.25, -0.2) is 0 Å². The van der Waals surface area contributed by atoms with Crippen molar-refractivity contribution in [2.45, 2.75) is 17.3 Å². The number of rotatable bonds is 6. The van der Waals surface area contributed by atoms with Crippen LogP contribution in [0.15, 0.2) is 33.1 Å². The van der Waals surface area contributed by atoms with E-state index in [1.54, 1.807) is 0 Å². The minimum absolute atomic E-state index is 0.00415. The molecule has 0 aliphatic carbocycles. The molecule has 5 nitrogen and oxygen atoms in total. The largest absolute Gasteiger partial charge is 0.481 e. The Morgan fingerprint density at radius 1 is 1.55 bits per heavy atom. The first kappa shape index (κ1) is 15.3. The van der Waals surface area contributed by atoms with Crippen LogP contribution in [0.4, 0.5) is 5.13 Å². The van der Waals surface area contributed by atoms with Crippen LogP contribution >= 0.6 is 39.0 Å². The van der Waals surface area contributed by atoms with Crippen molar-refractivity contribution in [3.8, 4) is 0 Å². The van der Waals surface area contributed by atoms with Gasteiger partial charge >= 0.3 is 5.97 Å². The number of aromatic nitrogens is 2. The van der Waals surface area contributed by atoms with Crippen molar-refractivity contribution >= 4 is 50.1 Å². The highest BCUT2D eigenvalue weighted by atomic mass is 79.9. The van der Waals surface area contributed by atoms with Gasteiger partial charge in [-0.3, -0.25) is 4.79 Å². The number of anilines is 1. The molecule has 0 bridgehead atoms. The van der Waals surface area contributed by atoms with E-state index in [9.17, 15) is 4.79 Å². The van der Waals surface area contributed by atoms with Crippen LogP contribution in [0.5, 0.6) is 0 Å². The molecule has 0 spiro atoms. The number of carboxylic acids is 1. The number of nitrogens with zero attached hydrogens (tertiary/aromatic N) is 2. The van der Waals surface area contributed by atoms with Crippen molar-refractivity contribution in [2.24, 2.45) is 0 Å². The van der Waals surface area contributed by atoms with Crippen LogP contribution in [0.2, 0.25) is 0 Å². The zero-order chi connectivity index (χ0) is 14.5. The van der Waals surface area contributed by atoms with Gasteiger partial charge in [0, 0.05) is 4.47 Å². The Labute approximate surface area is 132 Å². The minimum Gasteiger partial charge on any atom is -0.481 e. The fourth-order valence-electron chi connectivity index (χ4n) is 1.49. The molecule has 1 aromatic heterocycles. The molecule has 1 atom stereocenters. The number of carbonyl (C=O) groups is 1. The number of nitrogens with one attached hydrogen (secondary N) is 1. The topological polar surface area (TPSA) is 75.1 Å². The lowest BCUT2D eigenvalue weighted by Gasteiger charge is -2.12. The molecule has 0 saturated carbocycles. The molecule has 0 radical (unpaired) electrons. The SMILES string of the molecule is CC(Nc1nnc(SCC(=O)O)s1)c1cccc(Br)c1. The Morgan fingerprint density at radius 3 is 3.05 bits per heavy atom. The summed E-state index contributed by atoms with van der Waals surface area (Å²) in [5.74, 6) is -0.863. The molecule has 1 heterocycles. The predicted octanol–water partition coefficient (Wildman–Crippen LogP) is 3.65. The summed E-state index contributed by atoms with van der Waals surface area (Å²) in [5.41, 5.74) is 1.13. The number of hydrogen-bond donors (Lipinski definition) is 2. The molecule has 1 unspecified atom stereocenters. The number of benzene rings is 1. The van der Waals surface area contributed by atoms with Crippen molar-refractivity contribution in [2.75, 3.05) is 11.1 Å². The van der Waals surface area contributed by atoms with Crippen LogP contribution in [0.1, 0.15) is 18.5 Å². The quantitative estimate of drug-likeness (QED) is 0.752. The lowest BCUT2D eigenvalue weighted by molar-refractivity contribution is -0.133. The summed E-state index contributed by atoms with van der Waals surface area (Å²) >= 11 is 5.97. The van der Waals surface area contributed by atoms with Gasteiger partial charge in [0.1, 0.15) is 0 Å². The first-order valence-electron chi connectivity index (χ1n) is 5.74. The van der Waals surface area contributed by atoms with E-state index in [2.05, 4.69) is 31.4 Å². The zero-order valence-electron chi connectivity index (χ0n) is 10.5. The molecule has 106 valence electrons. The average Bonchev–Trinajstić information content (AvgIpc) is 2.84. The maximum atomic E-state index is 10.5. The fourth-order valence-corrected chi connectivity index (χ4v) is 3.47. The smallest absolute Gasteiger partial charge is 0.313 e. The molecule has 0 fully saturated rings. The van der Waals surface area contributed by atoms with Crippen molar-refractivity contribution < 1.29 is 9.90 Å². The second kappa shape index (κ2) is 7.05. The molecule has 0 aliphatic heterocycles. The van der Waals surface area contributed by atoms with Crippen LogP contribution < -0.4 is 5.32 Å². The normalized spacial score (nSPS) is 12.1. The zero-order valence-corrected chi connectivity index (χ0v) is 13.8. The fraction of sp³-hybridized carbons (Fsp3) is 0.250. The van der Waals surface area contributed by atoms with Gasteiger partial charge in [-0.15, -0.1) is 10.2 Å². The minimum atomic E-state index is -0.859. The predicted molar refractivity (Wildman–Crippen MR) is 84.4 cm³/mol. The lowest BCUT2D eigenvalue weighted by Crippen LogP contribution is -2.06. The van der Waals surface area contributed by atoms with Crippen molar-refractivity contribution in [3.05, 3.63) is 34.3 Å². The summed E-state index contributed by atoms with van der Waals surface area (Å²) in [4.78, 5) is 10.5. The van der Waals surface area contributed by atoms with Gasteiger partial charge in [-0.05, 0) is 24.6 Å². The van der Waals surface area contributed by atoms with Crippen LogP contribution in [0.25, 0.3) is 0 Å². The summed E-state index contributed by atoms with van der Waals surface area (Å²) in [6.45, 7) is 2.03. The number of thioether (sulfide) groups is 1. The van der Waals surface area contributed by atoms with Gasteiger partial charge in [0.2, 0.25) is 5.13 Å².